The van der Waals surface area contributed by atoms with E-state index in [1.807, 2.05) is 0 Å². The highest BCUT2D eigenvalue weighted by Crippen LogP contribution is 2.24. The van der Waals surface area contributed by atoms with Crippen molar-refractivity contribution in [2.24, 2.45) is 11.8 Å². The maximum Gasteiger partial charge on any atom is 0.168 e. The second-order valence-electron chi connectivity index (χ2n) is 4.89. The maximum absolute atomic E-state index is 14.1. The van der Waals surface area contributed by atoms with E-state index in [4.69, 9.17) is 15.3 Å². The number of benzene rings is 1. The zero-order valence-electron chi connectivity index (χ0n) is 11.2. The third-order valence-electron chi connectivity index (χ3n) is 3.68. The number of nitrogens with two attached hydrogens (primary N) is 1. The molecule has 0 spiro atoms. The van der Waals surface area contributed by atoms with E-state index in [1.54, 1.807) is 18.2 Å². The predicted molar refractivity (Wildman–Crippen MR) is 71.3 cm³/mol. The predicted octanol–water partition coefficient (Wildman–Crippen LogP) is 1.64. The van der Waals surface area contributed by atoms with Gasteiger partial charge >= 0.3 is 0 Å². The number of halogens is 1. The Kier molecular flexibility index (Phi) is 5.13. The molecule has 0 amide bonds. The number of nitrogens with one attached hydrogen (secondary N) is 1. The normalized spacial score (nSPS) is 21.1. The van der Waals surface area contributed by atoms with Crippen molar-refractivity contribution >= 4 is 0 Å². The standard InChI is InChI=1S/C14H21FN2O2/c1-18-13-6-2-4-10(14(13)15)8-12(17-16)11-5-3-7-19-9-11/h2,4,6,11-12,17H,3,5,7-9,16H2,1H3. The molecule has 1 aromatic rings. The van der Waals surface area contributed by atoms with Crippen LogP contribution in [0, 0.1) is 11.7 Å². The van der Waals surface area contributed by atoms with Gasteiger partial charge in [-0.3, -0.25) is 11.3 Å². The van der Waals surface area contributed by atoms with Crippen LogP contribution in [0.5, 0.6) is 5.75 Å². The molecule has 1 aliphatic rings. The van der Waals surface area contributed by atoms with Gasteiger partial charge in [-0.1, -0.05) is 12.1 Å². The van der Waals surface area contributed by atoms with Crippen molar-refractivity contribution in [3.63, 3.8) is 0 Å². The molecule has 3 N–H and O–H groups in total. The molecule has 1 saturated heterocycles. The fourth-order valence-electron chi connectivity index (χ4n) is 2.55. The summed E-state index contributed by atoms with van der Waals surface area (Å²) in [6.45, 7) is 1.49. The van der Waals surface area contributed by atoms with Crippen LogP contribution < -0.4 is 16.0 Å². The van der Waals surface area contributed by atoms with E-state index < -0.39 is 0 Å². The van der Waals surface area contributed by atoms with E-state index in [0.29, 0.717) is 24.5 Å². The summed E-state index contributed by atoms with van der Waals surface area (Å²) < 4.78 is 24.6. The third kappa shape index (κ3) is 3.43. The quantitative estimate of drug-likeness (QED) is 0.629. The second-order valence-corrected chi connectivity index (χ2v) is 4.89. The second kappa shape index (κ2) is 6.84. The van der Waals surface area contributed by atoms with Crippen LogP contribution in [0.1, 0.15) is 18.4 Å². The van der Waals surface area contributed by atoms with Gasteiger partial charge in [-0.25, -0.2) is 4.39 Å². The summed E-state index contributed by atoms with van der Waals surface area (Å²) in [5.41, 5.74) is 3.42. The molecule has 0 bridgehead atoms. The van der Waals surface area contributed by atoms with Crippen LogP contribution in [-0.2, 0) is 11.2 Å². The largest absolute Gasteiger partial charge is 0.494 e. The minimum absolute atomic E-state index is 0.0157. The fourth-order valence-corrected chi connectivity index (χ4v) is 2.55. The van der Waals surface area contributed by atoms with Crippen molar-refractivity contribution in [2.75, 3.05) is 20.3 Å². The van der Waals surface area contributed by atoms with Gasteiger partial charge in [0.05, 0.1) is 13.7 Å². The van der Waals surface area contributed by atoms with Crippen molar-refractivity contribution in [3.05, 3.63) is 29.6 Å². The molecule has 2 atom stereocenters. The number of rotatable bonds is 5. The molecule has 2 unspecified atom stereocenters. The lowest BCUT2D eigenvalue weighted by molar-refractivity contribution is 0.0392. The number of hydrazine groups is 1. The summed E-state index contributed by atoms with van der Waals surface area (Å²) >= 11 is 0. The van der Waals surface area contributed by atoms with E-state index in [0.717, 1.165) is 19.4 Å². The Labute approximate surface area is 113 Å². The fraction of sp³-hybridized carbons (Fsp3) is 0.571. The maximum atomic E-state index is 14.1. The number of methoxy groups -OCH3 is 1. The molecule has 1 aromatic carbocycles. The Balaban J connectivity index is 2.09. The molecule has 106 valence electrons. The Morgan fingerprint density at radius 2 is 2.42 bits per heavy atom. The third-order valence-corrected chi connectivity index (χ3v) is 3.68. The summed E-state index contributed by atoms with van der Waals surface area (Å²) in [4.78, 5) is 0. The van der Waals surface area contributed by atoms with Crippen molar-refractivity contribution in [3.8, 4) is 5.75 Å². The molecule has 0 radical (unpaired) electrons. The van der Waals surface area contributed by atoms with Gasteiger partial charge in [0.15, 0.2) is 11.6 Å². The summed E-state index contributed by atoms with van der Waals surface area (Å²) in [5.74, 6) is 5.90. The molecule has 4 nitrogen and oxygen atoms in total. The van der Waals surface area contributed by atoms with Gasteiger partial charge in [0.1, 0.15) is 0 Å². The van der Waals surface area contributed by atoms with Crippen LogP contribution in [0.4, 0.5) is 4.39 Å². The van der Waals surface area contributed by atoms with Crippen LogP contribution in [0.2, 0.25) is 0 Å². The minimum Gasteiger partial charge on any atom is -0.494 e. The average Bonchev–Trinajstić information content (AvgIpc) is 2.47. The van der Waals surface area contributed by atoms with E-state index in [-0.39, 0.29) is 17.6 Å². The SMILES string of the molecule is COc1cccc(CC(NN)C2CCCOC2)c1F. The van der Waals surface area contributed by atoms with Crippen molar-refractivity contribution in [2.45, 2.75) is 25.3 Å². The minimum atomic E-state index is -0.304. The highest BCUT2D eigenvalue weighted by atomic mass is 19.1. The van der Waals surface area contributed by atoms with Crippen LogP contribution in [0.15, 0.2) is 18.2 Å². The van der Waals surface area contributed by atoms with E-state index in [1.165, 1.54) is 7.11 Å². The lowest BCUT2D eigenvalue weighted by Crippen LogP contribution is -2.45. The van der Waals surface area contributed by atoms with Crippen LogP contribution >= 0.6 is 0 Å². The van der Waals surface area contributed by atoms with Crippen LogP contribution in [0.3, 0.4) is 0 Å². The summed E-state index contributed by atoms with van der Waals surface area (Å²) in [7, 11) is 1.47. The summed E-state index contributed by atoms with van der Waals surface area (Å²) in [6, 6.07) is 5.20. The monoisotopic (exact) mass is 268 g/mol. The highest BCUT2D eigenvalue weighted by molar-refractivity contribution is 5.31. The van der Waals surface area contributed by atoms with Gasteiger partial charge in [0.2, 0.25) is 0 Å². The molecule has 1 fully saturated rings. The zero-order chi connectivity index (χ0) is 13.7. The van der Waals surface area contributed by atoms with Gasteiger partial charge in [0.25, 0.3) is 0 Å². The average molecular weight is 268 g/mol. The lowest BCUT2D eigenvalue weighted by atomic mass is 9.89. The van der Waals surface area contributed by atoms with Crippen molar-refractivity contribution in [1.82, 2.24) is 5.43 Å². The molecule has 0 aliphatic carbocycles. The molecule has 0 saturated carbocycles. The number of hydrogen-bond donors (Lipinski definition) is 2. The smallest absolute Gasteiger partial charge is 0.168 e. The first kappa shape index (κ1) is 14.2. The number of ether oxygens (including phenoxy) is 2. The number of hydrogen-bond acceptors (Lipinski definition) is 4. The van der Waals surface area contributed by atoms with Crippen molar-refractivity contribution in [1.29, 1.82) is 0 Å². The first-order chi connectivity index (χ1) is 9.26. The van der Waals surface area contributed by atoms with Crippen LogP contribution in [-0.4, -0.2) is 26.4 Å². The molecular formula is C14H21FN2O2. The molecule has 1 heterocycles. The Bertz CT molecular complexity index is 408. The lowest BCUT2D eigenvalue weighted by Gasteiger charge is -2.30. The Morgan fingerprint density at radius 3 is 3.05 bits per heavy atom. The molecule has 1 aliphatic heterocycles. The first-order valence-electron chi connectivity index (χ1n) is 6.61. The van der Waals surface area contributed by atoms with E-state index in [2.05, 4.69) is 5.43 Å². The Hall–Kier alpha value is -1.17. The summed E-state index contributed by atoms with van der Waals surface area (Å²) in [5, 5.41) is 0. The summed E-state index contributed by atoms with van der Waals surface area (Å²) in [6.07, 6.45) is 2.62. The highest BCUT2D eigenvalue weighted by Gasteiger charge is 2.25. The first-order valence-corrected chi connectivity index (χ1v) is 6.61. The molecule has 19 heavy (non-hydrogen) atoms. The van der Waals surface area contributed by atoms with Gasteiger partial charge in [0, 0.05) is 12.6 Å². The van der Waals surface area contributed by atoms with Crippen molar-refractivity contribution < 1.29 is 13.9 Å². The molecule has 0 aromatic heterocycles. The van der Waals surface area contributed by atoms with Gasteiger partial charge < -0.3 is 9.47 Å². The Morgan fingerprint density at radius 1 is 1.58 bits per heavy atom. The molecule has 2 rings (SSSR count). The zero-order valence-corrected chi connectivity index (χ0v) is 11.2. The van der Waals surface area contributed by atoms with Gasteiger partial charge in [-0.2, -0.15) is 0 Å². The topological polar surface area (TPSA) is 56.5 Å². The molecule has 5 heteroatoms. The van der Waals surface area contributed by atoms with E-state index >= 15 is 0 Å². The van der Waals surface area contributed by atoms with Crippen LogP contribution in [0.25, 0.3) is 0 Å². The molecular weight excluding hydrogens is 247 g/mol. The van der Waals surface area contributed by atoms with E-state index in [9.17, 15) is 4.39 Å². The van der Waals surface area contributed by atoms with Gasteiger partial charge in [-0.15, -0.1) is 0 Å². The van der Waals surface area contributed by atoms with Gasteiger partial charge in [-0.05, 0) is 36.8 Å².